The Morgan fingerprint density at radius 3 is 2.65 bits per heavy atom. The van der Waals surface area contributed by atoms with Gasteiger partial charge in [-0.25, -0.2) is 0 Å². The van der Waals surface area contributed by atoms with Crippen LogP contribution in [0, 0.1) is 6.92 Å². The maximum atomic E-state index is 6.37. The number of morpholine rings is 1. The van der Waals surface area contributed by atoms with Gasteiger partial charge >= 0.3 is 0 Å². The number of hydrogen-bond acceptors (Lipinski definition) is 2. The smallest absolute Gasteiger partial charge is 0.169 e. The quantitative estimate of drug-likeness (QED) is 0.681. The molecule has 1 aromatic carbocycles. The fraction of sp³-hybridized carbons (Fsp3) is 0.533. The molecule has 0 radical (unpaired) electrons. The summed E-state index contributed by atoms with van der Waals surface area (Å²) in [5, 5.41) is 4.07. The Kier molecular flexibility index (Phi) is 6.07. The number of halogens is 1. The van der Waals surface area contributed by atoms with Crippen LogP contribution in [0.2, 0.25) is 0 Å². The van der Waals surface area contributed by atoms with E-state index in [1.54, 1.807) is 0 Å². The summed E-state index contributed by atoms with van der Waals surface area (Å²) in [4.78, 5) is 2.13. The Hall–Kier alpha value is -0.840. The van der Waals surface area contributed by atoms with Crippen LogP contribution in [0.25, 0.3) is 0 Å². The number of thiocarbonyl (C=S) groups is 1. The van der Waals surface area contributed by atoms with Crippen LogP contribution in [0.1, 0.15) is 11.1 Å². The van der Waals surface area contributed by atoms with E-state index in [-0.39, 0.29) is 5.38 Å². The lowest BCUT2D eigenvalue weighted by molar-refractivity contribution is 0.0677. The molecule has 0 bridgehead atoms. The van der Waals surface area contributed by atoms with Crippen molar-refractivity contribution in [3.63, 3.8) is 0 Å². The maximum absolute atomic E-state index is 6.37. The maximum Gasteiger partial charge on any atom is 0.169 e. The lowest BCUT2D eigenvalue weighted by atomic mass is 10.1. The van der Waals surface area contributed by atoms with Gasteiger partial charge in [-0.3, -0.25) is 0 Å². The highest BCUT2D eigenvalue weighted by Crippen LogP contribution is 2.09. The normalized spacial score (nSPS) is 16.8. The molecule has 1 unspecified atom stereocenters. The molecule has 0 saturated carbocycles. The van der Waals surface area contributed by atoms with E-state index < -0.39 is 0 Å². The minimum absolute atomic E-state index is 0.0386. The molecule has 110 valence electrons. The highest BCUT2D eigenvalue weighted by Gasteiger charge is 2.14. The van der Waals surface area contributed by atoms with Gasteiger partial charge in [-0.2, -0.15) is 0 Å². The molecular weight excluding hydrogens is 292 g/mol. The Labute approximate surface area is 131 Å². The van der Waals surface area contributed by atoms with E-state index >= 15 is 0 Å². The molecule has 5 heteroatoms. The van der Waals surface area contributed by atoms with Crippen molar-refractivity contribution in [3.05, 3.63) is 35.4 Å². The minimum Gasteiger partial charge on any atom is -0.378 e. The van der Waals surface area contributed by atoms with Crippen LogP contribution in [0.3, 0.4) is 0 Å². The van der Waals surface area contributed by atoms with Crippen LogP contribution < -0.4 is 5.32 Å². The zero-order chi connectivity index (χ0) is 14.4. The first-order chi connectivity index (χ1) is 9.65. The Bertz CT molecular complexity index is 432. The highest BCUT2D eigenvalue weighted by molar-refractivity contribution is 7.80. The molecule has 0 aliphatic carbocycles. The SMILES string of the molecule is Cc1ccc(CC(Cl)CNC(=S)N2CCOCC2)cc1. The first kappa shape index (κ1) is 15.5. The topological polar surface area (TPSA) is 24.5 Å². The molecule has 2 rings (SSSR count). The van der Waals surface area contributed by atoms with Gasteiger partial charge < -0.3 is 15.0 Å². The van der Waals surface area contributed by atoms with Crippen molar-refractivity contribution in [2.24, 2.45) is 0 Å². The average molecular weight is 313 g/mol. The van der Waals surface area contributed by atoms with Crippen molar-refractivity contribution in [2.45, 2.75) is 18.7 Å². The van der Waals surface area contributed by atoms with Gasteiger partial charge in [0.1, 0.15) is 0 Å². The summed E-state index contributed by atoms with van der Waals surface area (Å²) in [7, 11) is 0. The Morgan fingerprint density at radius 2 is 2.00 bits per heavy atom. The number of alkyl halides is 1. The third kappa shape index (κ3) is 4.93. The van der Waals surface area contributed by atoms with Gasteiger partial charge in [0.25, 0.3) is 0 Å². The number of rotatable bonds is 4. The van der Waals surface area contributed by atoms with E-state index in [1.165, 1.54) is 11.1 Å². The third-order valence-electron chi connectivity index (χ3n) is 3.35. The van der Waals surface area contributed by atoms with Crippen molar-refractivity contribution in [2.75, 3.05) is 32.8 Å². The van der Waals surface area contributed by atoms with Gasteiger partial charge in [0.05, 0.1) is 18.6 Å². The van der Waals surface area contributed by atoms with Crippen LogP contribution >= 0.6 is 23.8 Å². The molecule has 1 aliphatic heterocycles. The zero-order valence-electron chi connectivity index (χ0n) is 11.8. The Balaban J connectivity index is 1.72. The molecular formula is C15H21ClN2OS. The van der Waals surface area contributed by atoms with Crippen molar-refractivity contribution < 1.29 is 4.74 Å². The van der Waals surface area contributed by atoms with Gasteiger partial charge in [-0.05, 0) is 31.1 Å². The van der Waals surface area contributed by atoms with E-state index in [9.17, 15) is 0 Å². The first-order valence-corrected chi connectivity index (χ1v) is 7.80. The van der Waals surface area contributed by atoms with Crippen LogP contribution in [0.15, 0.2) is 24.3 Å². The predicted molar refractivity (Wildman–Crippen MR) is 87.5 cm³/mol. The molecule has 1 aliphatic rings. The van der Waals surface area contributed by atoms with Gasteiger partial charge in [0, 0.05) is 19.6 Å². The molecule has 3 nitrogen and oxygen atoms in total. The first-order valence-electron chi connectivity index (χ1n) is 6.95. The summed E-state index contributed by atoms with van der Waals surface area (Å²) in [6.45, 7) is 5.98. The average Bonchev–Trinajstić information content (AvgIpc) is 2.48. The lowest BCUT2D eigenvalue weighted by Crippen LogP contribution is -2.47. The van der Waals surface area contributed by atoms with Crippen LogP contribution in [-0.2, 0) is 11.2 Å². The van der Waals surface area contributed by atoms with Crippen LogP contribution in [0.4, 0.5) is 0 Å². The van der Waals surface area contributed by atoms with Gasteiger partial charge in [0.15, 0.2) is 5.11 Å². The summed E-state index contributed by atoms with van der Waals surface area (Å²) >= 11 is 11.7. The fourth-order valence-corrected chi connectivity index (χ4v) is 2.65. The van der Waals surface area contributed by atoms with Gasteiger partial charge in [-0.1, -0.05) is 29.8 Å². The molecule has 0 amide bonds. The number of ether oxygens (including phenoxy) is 1. The fourth-order valence-electron chi connectivity index (χ4n) is 2.13. The molecule has 1 atom stereocenters. The minimum atomic E-state index is 0.0386. The van der Waals surface area contributed by atoms with Gasteiger partial charge in [0.2, 0.25) is 0 Å². The number of aryl methyl sites for hydroxylation is 1. The largest absolute Gasteiger partial charge is 0.378 e. The van der Waals surface area contributed by atoms with Crippen molar-refractivity contribution in [1.29, 1.82) is 0 Å². The van der Waals surface area contributed by atoms with E-state index in [2.05, 4.69) is 41.4 Å². The third-order valence-corrected chi connectivity index (χ3v) is 4.06. The summed E-state index contributed by atoms with van der Waals surface area (Å²) < 4.78 is 5.31. The molecule has 0 aromatic heterocycles. The highest BCUT2D eigenvalue weighted by atomic mass is 35.5. The van der Waals surface area contributed by atoms with Crippen molar-refractivity contribution in [1.82, 2.24) is 10.2 Å². The number of nitrogens with zero attached hydrogens (tertiary/aromatic N) is 1. The molecule has 0 spiro atoms. The second-order valence-electron chi connectivity index (χ2n) is 5.07. The monoisotopic (exact) mass is 312 g/mol. The predicted octanol–water partition coefficient (Wildman–Crippen LogP) is 2.35. The summed E-state index contributed by atoms with van der Waals surface area (Å²) in [6, 6.07) is 8.49. The van der Waals surface area contributed by atoms with Crippen molar-refractivity contribution in [3.8, 4) is 0 Å². The number of benzene rings is 1. The number of hydrogen-bond donors (Lipinski definition) is 1. The second-order valence-corrected chi connectivity index (χ2v) is 6.08. The molecule has 1 N–H and O–H groups in total. The molecule has 1 saturated heterocycles. The van der Waals surface area contributed by atoms with E-state index in [1.807, 2.05) is 0 Å². The molecule has 1 heterocycles. The standard InChI is InChI=1S/C15H21ClN2OS/c1-12-2-4-13(5-3-12)10-14(16)11-17-15(20)18-6-8-19-9-7-18/h2-5,14H,6-11H2,1H3,(H,17,20). The van der Waals surface area contributed by atoms with Crippen molar-refractivity contribution >= 4 is 28.9 Å². The van der Waals surface area contributed by atoms with Gasteiger partial charge in [-0.15, -0.1) is 11.6 Å². The van der Waals surface area contributed by atoms with E-state index in [4.69, 9.17) is 28.6 Å². The Morgan fingerprint density at radius 1 is 1.35 bits per heavy atom. The zero-order valence-corrected chi connectivity index (χ0v) is 13.3. The summed E-state index contributed by atoms with van der Waals surface area (Å²) in [6.07, 6.45) is 0.848. The van der Waals surface area contributed by atoms with E-state index in [0.717, 1.165) is 37.8 Å². The second kappa shape index (κ2) is 7.81. The van der Waals surface area contributed by atoms with Crippen LogP contribution in [-0.4, -0.2) is 48.2 Å². The lowest BCUT2D eigenvalue weighted by Gasteiger charge is -2.29. The summed E-state index contributed by atoms with van der Waals surface area (Å²) in [5.74, 6) is 0. The molecule has 1 aromatic rings. The van der Waals surface area contributed by atoms with E-state index in [0.29, 0.717) is 6.54 Å². The molecule has 1 fully saturated rings. The van der Waals surface area contributed by atoms with Crippen LogP contribution in [0.5, 0.6) is 0 Å². The summed E-state index contributed by atoms with van der Waals surface area (Å²) in [5.41, 5.74) is 2.53. The molecule has 20 heavy (non-hydrogen) atoms. The number of nitrogens with one attached hydrogen (secondary N) is 1.